The van der Waals surface area contributed by atoms with Crippen molar-refractivity contribution in [3.8, 4) is 12.3 Å². The number of carboxylic acid groups (broad SMARTS) is 1. The summed E-state index contributed by atoms with van der Waals surface area (Å²) in [6.45, 7) is 6.80. The van der Waals surface area contributed by atoms with E-state index in [4.69, 9.17) is 17.6 Å². The number of carboxylic acids is 1. The Morgan fingerprint density at radius 3 is 2.15 bits per heavy atom. The van der Waals surface area contributed by atoms with Crippen molar-refractivity contribution in [3.63, 3.8) is 0 Å². The molecule has 0 aliphatic carbocycles. The summed E-state index contributed by atoms with van der Waals surface area (Å²) in [5, 5.41) is 31.1. The highest BCUT2D eigenvalue weighted by Crippen LogP contribution is 2.10. The predicted octanol–water partition coefficient (Wildman–Crippen LogP) is -2.49. The number of amides is 5. The molecule has 1 aliphatic rings. The van der Waals surface area contributed by atoms with E-state index in [1.807, 2.05) is 0 Å². The fourth-order valence-electron chi connectivity index (χ4n) is 3.68. The maximum absolute atomic E-state index is 13.3. The maximum Gasteiger partial charge on any atom is 0.305 e. The van der Waals surface area contributed by atoms with Crippen molar-refractivity contribution in [3.05, 3.63) is 37.0 Å². The average Bonchev–Trinajstić information content (AvgIpc) is 2.90. The number of aliphatic carboxylic acids is 1. The number of carbonyl (C=O) groups excluding carboxylic acids is 5. The van der Waals surface area contributed by atoms with Crippen LogP contribution in [0.5, 0.6) is 0 Å². The highest BCUT2D eigenvalue weighted by molar-refractivity contribution is 5.98. The van der Waals surface area contributed by atoms with E-state index >= 15 is 0 Å². The van der Waals surface area contributed by atoms with Crippen LogP contribution in [-0.4, -0.2) is 83.8 Å². The third-order valence-electron chi connectivity index (χ3n) is 5.69. The summed E-state index contributed by atoms with van der Waals surface area (Å²) >= 11 is 0. The van der Waals surface area contributed by atoms with Crippen LogP contribution < -0.4 is 37.6 Å². The third kappa shape index (κ3) is 12.5. The van der Waals surface area contributed by atoms with Gasteiger partial charge in [0.15, 0.2) is 5.96 Å². The quantitative estimate of drug-likeness (QED) is 0.0417. The normalized spacial score (nSPS) is 22.6. The Balaban J connectivity index is 3.44. The lowest BCUT2D eigenvalue weighted by atomic mass is 10.0. The van der Waals surface area contributed by atoms with Gasteiger partial charge in [-0.3, -0.25) is 34.2 Å². The molecule has 15 nitrogen and oxygen atoms in total. The van der Waals surface area contributed by atoms with E-state index in [0.29, 0.717) is 5.57 Å². The van der Waals surface area contributed by atoms with Crippen LogP contribution in [0.2, 0.25) is 0 Å². The molecule has 0 unspecified atom stereocenters. The van der Waals surface area contributed by atoms with E-state index in [0.717, 1.165) is 0 Å². The first-order valence-electron chi connectivity index (χ1n) is 12.6. The van der Waals surface area contributed by atoms with Gasteiger partial charge in [0, 0.05) is 19.4 Å². The monoisotopic (exact) mass is 572 g/mol. The highest BCUT2D eigenvalue weighted by Gasteiger charge is 2.32. The molecular formula is C26H36N8O7. The Morgan fingerprint density at radius 1 is 1.00 bits per heavy atom. The summed E-state index contributed by atoms with van der Waals surface area (Å²) in [6, 6.07) is -5.43. The maximum atomic E-state index is 13.3. The zero-order valence-corrected chi connectivity index (χ0v) is 22.5. The molecule has 10 N–H and O–H groups in total. The number of carbonyl (C=O) groups is 6. The molecule has 1 rings (SSSR count). The molecule has 5 amide bonds. The molecule has 1 fully saturated rings. The van der Waals surface area contributed by atoms with Gasteiger partial charge < -0.3 is 42.7 Å². The van der Waals surface area contributed by atoms with Crippen LogP contribution in [0, 0.1) is 17.8 Å². The summed E-state index contributed by atoms with van der Waals surface area (Å²) in [6.07, 6.45) is 8.91. The Bertz CT molecular complexity index is 1130. The standard InChI is InChI=1S/C26H36N8O7/c1-4-8-15(6-3)12-18-24(40)32-16(9-5-2)23(39)33-17(10-7-11-29-26(27)28)22(38)30-14-20(35)31-19(13-21(36)37)25(41)34-18/h2,4,6,8,16-19H,1,3,7,9-14H2,(H,30,38)(H,31,35)(H,32,40)(H,33,39)(H,34,41)(H,36,37)(H4,27,28,29)/b15-8+/t16-,17-,18+,19-/m0/s1. The summed E-state index contributed by atoms with van der Waals surface area (Å²) in [5.74, 6) is -3.69. The molecule has 222 valence electrons. The number of rotatable bonds is 11. The minimum absolute atomic E-state index is 0.0511. The third-order valence-corrected chi connectivity index (χ3v) is 5.69. The van der Waals surface area contributed by atoms with Crippen LogP contribution in [-0.2, 0) is 28.8 Å². The Morgan fingerprint density at radius 2 is 1.59 bits per heavy atom. The largest absolute Gasteiger partial charge is 0.481 e. The average molecular weight is 573 g/mol. The van der Waals surface area contributed by atoms with Crippen molar-refractivity contribution in [2.45, 2.75) is 56.3 Å². The van der Waals surface area contributed by atoms with Gasteiger partial charge in [0.1, 0.15) is 24.2 Å². The lowest BCUT2D eigenvalue weighted by molar-refractivity contribution is -0.141. The molecular weight excluding hydrogens is 536 g/mol. The number of terminal acetylenes is 1. The second-order valence-electron chi connectivity index (χ2n) is 8.90. The summed E-state index contributed by atoms with van der Waals surface area (Å²) in [4.78, 5) is 76.3. The first-order valence-corrected chi connectivity index (χ1v) is 12.6. The Labute approximate surface area is 237 Å². The summed E-state index contributed by atoms with van der Waals surface area (Å²) in [7, 11) is 0. The van der Waals surface area contributed by atoms with Gasteiger partial charge in [-0.05, 0) is 18.4 Å². The predicted molar refractivity (Wildman–Crippen MR) is 149 cm³/mol. The minimum atomic E-state index is -1.59. The van der Waals surface area contributed by atoms with Crippen LogP contribution in [0.3, 0.4) is 0 Å². The number of guanidine groups is 1. The molecule has 0 aromatic heterocycles. The van der Waals surface area contributed by atoms with Crippen LogP contribution in [0.1, 0.15) is 32.1 Å². The fourth-order valence-corrected chi connectivity index (χ4v) is 3.68. The number of nitrogens with two attached hydrogens (primary N) is 1. The first kappa shape index (κ1) is 33.9. The van der Waals surface area contributed by atoms with Gasteiger partial charge in [0.2, 0.25) is 29.5 Å². The van der Waals surface area contributed by atoms with Gasteiger partial charge >= 0.3 is 5.97 Å². The molecule has 1 aliphatic heterocycles. The SMILES string of the molecule is C#CC[C@@H]1NC(=O)[C@@H](C/C(C=C)=C/C=C)NC(=O)[C@H](CC(=O)O)NC(=O)CNC(=O)[C@H](CCCNC(=N)N)NC1=O. The molecule has 0 radical (unpaired) electrons. The molecule has 1 heterocycles. The number of allylic oxidation sites excluding steroid dienone is 3. The Hall–Kier alpha value is -5.13. The molecule has 0 saturated carbocycles. The summed E-state index contributed by atoms with van der Waals surface area (Å²) < 4.78 is 0. The molecule has 0 bridgehead atoms. The van der Waals surface area contributed by atoms with Gasteiger partial charge in [0.05, 0.1) is 13.0 Å². The number of hydrogen-bond acceptors (Lipinski definition) is 7. The van der Waals surface area contributed by atoms with Gasteiger partial charge in [-0.15, -0.1) is 12.3 Å². The second kappa shape index (κ2) is 17.5. The molecule has 0 aromatic rings. The van der Waals surface area contributed by atoms with Crippen molar-refractivity contribution in [1.29, 1.82) is 5.41 Å². The van der Waals surface area contributed by atoms with Crippen molar-refractivity contribution in [2.75, 3.05) is 13.1 Å². The van der Waals surface area contributed by atoms with Crippen LogP contribution in [0.15, 0.2) is 37.0 Å². The van der Waals surface area contributed by atoms with Gasteiger partial charge in [0.25, 0.3) is 0 Å². The van der Waals surface area contributed by atoms with Gasteiger partial charge in [-0.25, -0.2) is 0 Å². The molecule has 0 spiro atoms. The zero-order valence-electron chi connectivity index (χ0n) is 22.5. The van der Waals surface area contributed by atoms with E-state index in [1.165, 1.54) is 18.2 Å². The van der Waals surface area contributed by atoms with Gasteiger partial charge in [-0.1, -0.05) is 31.4 Å². The lowest BCUT2D eigenvalue weighted by Crippen LogP contribution is -2.57. The van der Waals surface area contributed by atoms with E-state index in [-0.39, 0.29) is 38.2 Å². The second-order valence-corrected chi connectivity index (χ2v) is 8.90. The molecule has 1 saturated heterocycles. The van der Waals surface area contributed by atoms with Crippen molar-refractivity contribution < 1.29 is 33.9 Å². The lowest BCUT2D eigenvalue weighted by Gasteiger charge is -2.25. The van der Waals surface area contributed by atoms with Crippen molar-refractivity contribution in [1.82, 2.24) is 31.9 Å². The topological polar surface area (TPSA) is 245 Å². The zero-order chi connectivity index (χ0) is 30.9. The van der Waals surface area contributed by atoms with E-state index in [2.05, 4.69) is 51.0 Å². The van der Waals surface area contributed by atoms with Crippen molar-refractivity contribution in [2.24, 2.45) is 5.73 Å². The molecule has 41 heavy (non-hydrogen) atoms. The molecule has 4 atom stereocenters. The van der Waals surface area contributed by atoms with E-state index < -0.39 is 72.6 Å². The van der Waals surface area contributed by atoms with Crippen molar-refractivity contribution >= 4 is 41.5 Å². The number of nitrogens with one attached hydrogen (secondary N) is 7. The Kier molecular flexibility index (Phi) is 14.4. The van der Waals surface area contributed by atoms with E-state index in [9.17, 15) is 33.9 Å². The van der Waals surface area contributed by atoms with Gasteiger partial charge in [-0.2, -0.15) is 0 Å². The van der Waals surface area contributed by atoms with Crippen LogP contribution in [0.4, 0.5) is 0 Å². The fraction of sp³-hybridized carbons (Fsp3) is 0.423. The molecule has 15 heteroatoms. The number of hydrogen-bond donors (Lipinski definition) is 9. The smallest absolute Gasteiger partial charge is 0.305 e. The van der Waals surface area contributed by atoms with Crippen LogP contribution in [0.25, 0.3) is 0 Å². The molecule has 0 aromatic carbocycles. The minimum Gasteiger partial charge on any atom is -0.481 e. The first-order chi connectivity index (χ1) is 19.4. The highest BCUT2D eigenvalue weighted by atomic mass is 16.4. The summed E-state index contributed by atoms with van der Waals surface area (Å²) in [5.41, 5.74) is 5.73. The van der Waals surface area contributed by atoms with Crippen LogP contribution >= 0.6 is 0 Å². The van der Waals surface area contributed by atoms with E-state index in [1.54, 1.807) is 0 Å².